The van der Waals surface area contributed by atoms with Crippen LogP contribution in [-0.4, -0.2) is 48.4 Å². The first-order chi connectivity index (χ1) is 12.1. The van der Waals surface area contributed by atoms with Gasteiger partial charge in [0, 0.05) is 36.6 Å². The summed E-state index contributed by atoms with van der Waals surface area (Å²) in [7, 11) is 0. The molecule has 3 rings (SSSR count). The van der Waals surface area contributed by atoms with Gasteiger partial charge in [0.1, 0.15) is 0 Å². The van der Waals surface area contributed by atoms with Gasteiger partial charge in [0.2, 0.25) is 5.91 Å². The van der Waals surface area contributed by atoms with Crippen LogP contribution in [0.1, 0.15) is 40.0 Å². The maximum atomic E-state index is 12.7. The minimum atomic E-state index is 0.195. The Kier molecular flexibility index (Phi) is 5.73. The molecule has 0 unspecified atom stereocenters. The van der Waals surface area contributed by atoms with E-state index in [2.05, 4.69) is 40.5 Å². The Morgan fingerprint density at radius 2 is 1.88 bits per heavy atom. The Labute approximate surface area is 153 Å². The second kappa shape index (κ2) is 7.99. The topological polar surface area (TPSA) is 63.9 Å². The number of aromatic nitrogens is 4. The fourth-order valence-electron chi connectivity index (χ4n) is 3.51. The summed E-state index contributed by atoms with van der Waals surface area (Å²) >= 11 is 1.48. The maximum absolute atomic E-state index is 12.7. The van der Waals surface area contributed by atoms with E-state index in [9.17, 15) is 4.79 Å². The van der Waals surface area contributed by atoms with Crippen LogP contribution in [0.4, 0.5) is 0 Å². The van der Waals surface area contributed by atoms with E-state index >= 15 is 0 Å². The van der Waals surface area contributed by atoms with Crippen LogP contribution in [0.2, 0.25) is 0 Å². The van der Waals surface area contributed by atoms with Gasteiger partial charge in [0.05, 0.1) is 5.75 Å². The molecule has 1 aliphatic heterocycles. The normalized spacial score (nSPS) is 20.7. The van der Waals surface area contributed by atoms with Gasteiger partial charge in [-0.25, -0.2) is 0 Å². The van der Waals surface area contributed by atoms with Crippen LogP contribution in [0.5, 0.6) is 0 Å². The van der Waals surface area contributed by atoms with Crippen molar-refractivity contribution in [1.82, 2.24) is 24.6 Å². The third-order valence-electron chi connectivity index (χ3n) is 4.78. The predicted octanol–water partition coefficient (Wildman–Crippen LogP) is 3.24. The molecule has 0 aliphatic carbocycles. The molecule has 0 bridgehead atoms. The van der Waals surface area contributed by atoms with Gasteiger partial charge in [-0.1, -0.05) is 11.8 Å². The van der Waals surface area contributed by atoms with Crippen molar-refractivity contribution in [2.75, 3.05) is 5.75 Å². The van der Waals surface area contributed by atoms with Gasteiger partial charge in [-0.15, -0.1) is 10.2 Å². The number of carbonyl (C=O) groups excluding carboxylic acids is 1. The van der Waals surface area contributed by atoms with E-state index in [0.717, 1.165) is 35.9 Å². The van der Waals surface area contributed by atoms with Crippen molar-refractivity contribution in [2.45, 2.75) is 63.8 Å². The summed E-state index contributed by atoms with van der Waals surface area (Å²) in [4.78, 5) is 18.8. The highest BCUT2D eigenvalue weighted by molar-refractivity contribution is 7.99. The summed E-state index contributed by atoms with van der Waals surface area (Å²) in [6.07, 6.45) is 6.90. The summed E-state index contributed by atoms with van der Waals surface area (Å²) < 4.78 is 2.05. The first kappa shape index (κ1) is 17.9. The number of nitrogens with zero attached hydrogens (tertiary/aromatic N) is 5. The molecule has 1 saturated heterocycles. The lowest BCUT2D eigenvalue weighted by atomic mass is 9.98. The summed E-state index contributed by atoms with van der Waals surface area (Å²) in [5, 5.41) is 9.41. The summed E-state index contributed by atoms with van der Waals surface area (Å²) in [6.45, 7) is 7.12. The van der Waals surface area contributed by atoms with Gasteiger partial charge in [-0.3, -0.25) is 9.78 Å². The Hall–Kier alpha value is -1.89. The summed E-state index contributed by atoms with van der Waals surface area (Å²) in [5.74, 6) is 1.42. The standard InChI is InChI=1S/C18H25N5OS/c1-4-22-17(15-8-10-19-11-9-15)20-21-18(22)25-12-16(24)23-13(2)6-5-7-14(23)3/h8-11,13-14H,4-7,12H2,1-3H3/t13-,14-/m1/s1. The van der Waals surface area contributed by atoms with Gasteiger partial charge in [-0.2, -0.15) is 0 Å². The Balaban J connectivity index is 1.71. The van der Waals surface area contributed by atoms with Crippen LogP contribution >= 0.6 is 11.8 Å². The lowest BCUT2D eigenvalue weighted by Crippen LogP contribution is -2.48. The molecule has 2 aromatic heterocycles. The molecule has 0 radical (unpaired) electrons. The Morgan fingerprint density at radius 3 is 2.52 bits per heavy atom. The smallest absolute Gasteiger partial charge is 0.233 e. The van der Waals surface area contributed by atoms with Crippen molar-refractivity contribution in [3.8, 4) is 11.4 Å². The van der Waals surface area contributed by atoms with Gasteiger partial charge >= 0.3 is 0 Å². The van der Waals surface area contributed by atoms with E-state index in [4.69, 9.17) is 0 Å². The predicted molar refractivity (Wildman–Crippen MR) is 99.3 cm³/mol. The molecule has 0 aromatic carbocycles. The van der Waals surface area contributed by atoms with Crippen LogP contribution in [0.25, 0.3) is 11.4 Å². The highest BCUT2D eigenvalue weighted by atomic mass is 32.2. The highest BCUT2D eigenvalue weighted by Crippen LogP contribution is 2.26. The third kappa shape index (κ3) is 3.86. The van der Waals surface area contributed by atoms with E-state index in [1.165, 1.54) is 18.2 Å². The first-order valence-corrected chi connectivity index (χ1v) is 9.88. The molecule has 3 heterocycles. The SMILES string of the molecule is CCn1c(SCC(=O)N2[C@H](C)CCC[C@H]2C)nnc1-c1ccncc1. The average Bonchev–Trinajstić information content (AvgIpc) is 3.03. The molecule has 1 fully saturated rings. The van der Waals surface area contributed by atoms with Crippen molar-refractivity contribution in [3.63, 3.8) is 0 Å². The number of carbonyl (C=O) groups is 1. The van der Waals surface area contributed by atoms with E-state index in [1.54, 1.807) is 12.4 Å². The summed E-state index contributed by atoms with van der Waals surface area (Å²) in [5.41, 5.74) is 0.987. The van der Waals surface area contributed by atoms with E-state index < -0.39 is 0 Å². The van der Waals surface area contributed by atoms with Crippen LogP contribution in [0, 0.1) is 0 Å². The minimum Gasteiger partial charge on any atom is -0.337 e. The Morgan fingerprint density at radius 1 is 1.20 bits per heavy atom. The van der Waals surface area contributed by atoms with Crippen LogP contribution in [0.15, 0.2) is 29.7 Å². The van der Waals surface area contributed by atoms with Crippen LogP contribution in [-0.2, 0) is 11.3 Å². The third-order valence-corrected chi connectivity index (χ3v) is 5.73. The maximum Gasteiger partial charge on any atom is 0.233 e. The van der Waals surface area contributed by atoms with Gasteiger partial charge in [0.25, 0.3) is 0 Å². The zero-order valence-electron chi connectivity index (χ0n) is 15.1. The highest BCUT2D eigenvalue weighted by Gasteiger charge is 2.29. The molecule has 2 atom stereocenters. The molecule has 0 spiro atoms. The lowest BCUT2D eigenvalue weighted by Gasteiger charge is -2.39. The fourth-order valence-corrected chi connectivity index (χ4v) is 4.38. The van der Waals surface area contributed by atoms with E-state index in [0.29, 0.717) is 17.8 Å². The fraction of sp³-hybridized carbons (Fsp3) is 0.556. The number of rotatable bonds is 5. The molecule has 2 aromatic rings. The van der Waals surface area contributed by atoms with Gasteiger partial charge < -0.3 is 9.47 Å². The number of hydrogen-bond donors (Lipinski definition) is 0. The quantitative estimate of drug-likeness (QED) is 0.767. The van der Waals surface area contributed by atoms with E-state index in [-0.39, 0.29) is 5.91 Å². The van der Waals surface area contributed by atoms with Crippen molar-refractivity contribution in [2.24, 2.45) is 0 Å². The lowest BCUT2D eigenvalue weighted by molar-refractivity contribution is -0.134. The monoisotopic (exact) mass is 359 g/mol. The molecule has 0 saturated carbocycles. The van der Waals surface area contributed by atoms with Crippen LogP contribution in [0.3, 0.4) is 0 Å². The molecule has 0 N–H and O–H groups in total. The molecule has 7 heteroatoms. The van der Waals surface area contributed by atoms with Crippen molar-refractivity contribution in [3.05, 3.63) is 24.5 Å². The zero-order chi connectivity index (χ0) is 17.8. The molecular weight excluding hydrogens is 334 g/mol. The minimum absolute atomic E-state index is 0.195. The molecule has 25 heavy (non-hydrogen) atoms. The number of pyridine rings is 1. The summed E-state index contributed by atoms with van der Waals surface area (Å²) in [6, 6.07) is 4.50. The van der Waals surface area contributed by atoms with Crippen LogP contribution < -0.4 is 0 Å². The van der Waals surface area contributed by atoms with Gasteiger partial charge in [-0.05, 0) is 52.2 Å². The van der Waals surface area contributed by atoms with Gasteiger partial charge in [0.15, 0.2) is 11.0 Å². The molecule has 1 aliphatic rings. The number of amides is 1. The largest absolute Gasteiger partial charge is 0.337 e. The molecule has 134 valence electrons. The first-order valence-electron chi connectivity index (χ1n) is 8.89. The number of hydrogen-bond acceptors (Lipinski definition) is 5. The number of thioether (sulfide) groups is 1. The van der Waals surface area contributed by atoms with Crippen molar-refractivity contribution in [1.29, 1.82) is 0 Å². The van der Waals surface area contributed by atoms with Crippen molar-refractivity contribution < 1.29 is 4.79 Å². The average molecular weight is 359 g/mol. The second-order valence-corrected chi connectivity index (χ2v) is 7.45. The number of piperidine rings is 1. The van der Waals surface area contributed by atoms with Crippen molar-refractivity contribution >= 4 is 17.7 Å². The molecular formula is C18H25N5OS. The molecule has 1 amide bonds. The Bertz CT molecular complexity index is 708. The number of likely N-dealkylation sites (tertiary alicyclic amines) is 1. The van der Waals surface area contributed by atoms with E-state index in [1.807, 2.05) is 17.0 Å². The molecule has 6 nitrogen and oxygen atoms in total. The zero-order valence-corrected chi connectivity index (χ0v) is 15.9. The second-order valence-electron chi connectivity index (χ2n) is 6.50.